The third kappa shape index (κ3) is 3.02. The van der Waals surface area contributed by atoms with Gasteiger partial charge in [-0.25, -0.2) is 15.2 Å². The maximum absolute atomic E-state index is 13.1. The number of aliphatic hydroxyl groups excluding tert-OH is 1. The van der Waals surface area contributed by atoms with Crippen LogP contribution in [0.3, 0.4) is 0 Å². The second-order valence-electron chi connectivity index (χ2n) is 7.66. The molecule has 0 bridgehead atoms. The molecule has 9 nitrogen and oxygen atoms in total. The second-order valence-corrected chi connectivity index (χ2v) is 7.66. The average molecular weight is 395 g/mol. The van der Waals surface area contributed by atoms with Gasteiger partial charge >= 0.3 is 5.69 Å². The maximum Gasteiger partial charge on any atom is 0.329 e. The van der Waals surface area contributed by atoms with Crippen LogP contribution in [0.5, 0.6) is 0 Å². The SMILES string of the molecule is Cn1c(=O)n(C2CCNCC2)c2c3nc(C4=CN(CCO)NC4)ccc3ncc21. The zero-order valence-corrected chi connectivity index (χ0v) is 16.4. The molecule has 0 atom stereocenters. The van der Waals surface area contributed by atoms with Crippen molar-refractivity contribution in [3.63, 3.8) is 0 Å². The summed E-state index contributed by atoms with van der Waals surface area (Å²) in [5, 5.41) is 14.4. The average Bonchev–Trinajstić information content (AvgIpc) is 3.32. The van der Waals surface area contributed by atoms with Gasteiger partial charge in [-0.3, -0.25) is 14.1 Å². The molecule has 2 aliphatic heterocycles. The second kappa shape index (κ2) is 7.25. The van der Waals surface area contributed by atoms with E-state index < -0.39 is 0 Å². The lowest BCUT2D eigenvalue weighted by atomic mass is 10.1. The molecule has 0 unspecified atom stereocenters. The molecule has 3 aromatic rings. The van der Waals surface area contributed by atoms with Gasteiger partial charge in [0.25, 0.3) is 0 Å². The fourth-order valence-corrected chi connectivity index (χ4v) is 4.34. The predicted molar refractivity (Wildman–Crippen MR) is 111 cm³/mol. The summed E-state index contributed by atoms with van der Waals surface area (Å²) in [5.74, 6) is 0. The molecule has 5 heterocycles. The van der Waals surface area contributed by atoms with Crippen molar-refractivity contribution in [1.29, 1.82) is 0 Å². The number of aliphatic hydroxyl groups is 1. The minimum atomic E-state index is -0.00993. The monoisotopic (exact) mass is 395 g/mol. The van der Waals surface area contributed by atoms with Crippen molar-refractivity contribution < 1.29 is 5.11 Å². The van der Waals surface area contributed by atoms with Crippen molar-refractivity contribution in [2.75, 3.05) is 32.8 Å². The lowest BCUT2D eigenvalue weighted by molar-refractivity contribution is 0.210. The van der Waals surface area contributed by atoms with Crippen LogP contribution in [0.15, 0.2) is 29.3 Å². The number of hydrazine groups is 1. The predicted octanol–water partition coefficient (Wildman–Crippen LogP) is 0.361. The van der Waals surface area contributed by atoms with Crippen molar-refractivity contribution in [1.82, 2.24) is 34.9 Å². The molecule has 5 rings (SSSR count). The molecule has 0 saturated carbocycles. The van der Waals surface area contributed by atoms with E-state index in [4.69, 9.17) is 10.1 Å². The van der Waals surface area contributed by atoms with E-state index >= 15 is 0 Å². The number of hydrogen-bond donors (Lipinski definition) is 3. The first kappa shape index (κ1) is 18.3. The Hall–Kier alpha value is -2.75. The Labute approximate surface area is 167 Å². The molecule has 0 spiro atoms. The standard InChI is InChI=1S/C20H25N7O2/c1-25-17-11-22-16-3-2-15(13-10-23-26(12-13)8-9-28)24-18(16)19(17)27(20(25)29)14-4-6-21-7-5-14/h2-3,11-12,14,21,23,28H,4-10H2,1H3. The Morgan fingerprint density at radius 2 is 2.10 bits per heavy atom. The Bertz CT molecular complexity index is 1160. The van der Waals surface area contributed by atoms with Crippen molar-refractivity contribution in [2.45, 2.75) is 18.9 Å². The van der Waals surface area contributed by atoms with Crippen LogP contribution in [0.1, 0.15) is 24.6 Å². The van der Waals surface area contributed by atoms with Crippen molar-refractivity contribution in [3.05, 3.63) is 40.7 Å². The van der Waals surface area contributed by atoms with Gasteiger partial charge in [-0.05, 0) is 38.1 Å². The maximum atomic E-state index is 13.1. The van der Waals surface area contributed by atoms with Gasteiger partial charge in [-0.2, -0.15) is 0 Å². The van der Waals surface area contributed by atoms with Crippen LogP contribution in [-0.2, 0) is 7.05 Å². The van der Waals surface area contributed by atoms with E-state index in [1.54, 1.807) is 17.8 Å². The Balaban J connectivity index is 1.70. The van der Waals surface area contributed by atoms with E-state index in [2.05, 4.69) is 15.7 Å². The highest BCUT2D eigenvalue weighted by atomic mass is 16.3. The van der Waals surface area contributed by atoms with Gasteiger partial charge in [-0.1, -0.05) is 0 Å². The normalized spacial score (nSPS) is 18.1. The Morgan fingerprint density at radius 3 is 2.90 bits per heavy atom. The number of aryl methyl sites for hydroxylation is 1. The zero-order valence-electron chi connectivity index (χ0n) is 16.4. The highest BCUT2D eigenvalue weighted by molar-refractivity contribution is 6.00. The van der Waals surface area contributed by atoms with Gasteiger partial charge in [0.05, 0.1) is 41.6 Å². The molecule has 2 aliphatic rings. The molecule has 152 valence electrons. The summed E-state index contributed by atoms with van der Waals surface area (Å²) in [6.45, 7) is 3.08. The van der Waals surface area contributed by atoms with Crippen molar-refractivity contribution in [2.24, 2.45) is 7.05 Å². The van der Waals surface area contributed by atoms with Crippen molar-refractivity contribution >= 4 is 27.6 Å². The summed E-state index contributed by atoms with van der Waals surface area (Å²) in [5.41, 5.74) is 8.35. The van der Waals surface area contributed by atoms with E-state index in [1.165, 1.54) is 0 Å². The lowest BCUT2D eigenvalue weighted by Gasteiger charge is -2.24. The molecule has 1 fully saturated rings. The van der Waals surface area contributed by atoms with Crippen LogP contribution in [0.4, 0.5) is 0 Å². The van der Waals surface area contributed by atoms with Gasteiger partial charge < -0.3 is 15.4 Å². The van der Waals surface area contributed by atoms with Gasteiger partial charge in [0, 0.05) is 31.4 Å². The van der Waals surface area contributed by atoms with Gasteiger partial charge in [0.1, 0.15) is 5.52 Å². The number of nitrogens with zero attached hydrogens (tertiary/aromatic N) is 5. The molecule has 0 aliphatic carbocycles. The fourth-order valence-electron chi connectivity index (χ4n) is 4.34. The summed E-state index contributed by atoms with van der Waals surface area (Å²) < 4.78 is 3.61. The molecule has 3 aromatic heterocycles. The van der Waals surface area contributed by atoms with Crippen LogP contribution in [0.2, 0.25) is 0 Å². The first-order valence-electron chi connectivity index (χ1n) is 10.1. The quantitative estimate of drug-likeness (QED) is 0.587. The molecule has 9 heteroatoms. The smallest absolute Gasteiger partial charge is 0.329 e. The summed E-state index contributed by atoms with van der Waals surface area (Å²) in [7, 11) is 1.80. The fraction of sp³-hybridized carbons (Fsp3) is 0.450. The number of rotatable bonds is 4. The first-order valence-corrected chi connectivity index (χ1v) is 10.1. The van der Waals surface area contributed by atoms with Crippen LogP contribution < -0.4 is 16.4 Å². The summed E-state index contributed by atoms with van der Waals surface area (Å²) in [4.78, 5) is 22.6. The zero-order chi connectivity index (χ0) is 20.0. The third-order valence-corrected chi connectivity index (χ3v) is 5.89. The van der Waals surface area contributed by atoms with E-state index in [0.29, 0.717) is 13.1 Å². The topological polar surface area (TPSA) is 100 Å². The van der Waals surface area contributed by atoms with E-state index in [1.807, 2.05) is 27.9 Å². The number of imidazole rings is 1. The molecular weight excluding hydrogens is 370 g/mol. The molecule has 0 amide bonds. The highest BCUT2D eigenvalue weighted by Crippen LogP contribution is 2.28. The minimum absolute atomic E-state index is 0.00993. The Kier molecular flexibility index (Phi) is 4.57. The largest absolute Gasteiger partial charge is 0.394 e. The van der Waals surface area contributed by atoms with Crippen LogP contribution in [-0.4, -0.2) is 62.0 Å². The first-order chi connectivity index (χ1) is 14.2. The molecule has 29 heavy (non-hydrogen) atoms. The number of β-amino-alcohol motifs (C(OH)–C–C–N with tert-alkyl or cyclic N) is 1. The number of piperidine rings is 1. The van der Waals surface area contributed by atoms with Crippen molar-refractivity contribution in [3.8, 4) is 0 Å². The Morgan fingerprint density at radius 1 is 1.28 bits per heavy atom. The number of aromatic nitrogens is 4. The number of fused-ring (bicyclic) bond motifs is 3. The molecule has 1 saturated heterocycles. The molecule has 3 N–H and O–H groups in total. The number of pyridine rings is 2. The highest BCUT2D eigenvalue weighted by Gasteiger charge is 2.24. The molecular formula is C20H25N7O2. The van der Waals surface area contributed by atoms with Gasteiger partial charge in [-0.15, -0.1) is 0 Å². The van der Waals surface area contributed by atoms with Crippen LogP contribution >= 0.6 is 0 Å². The van der Waals surface area contributed by atoms with Crippen LogP contribution in [0.25, 0.3) is 27.6 Å². The van der Waals surface area contributed by atoms with E-state index in [-0.39, 0.29) is 18.3 Å². The van der Waals surface area contributed by atoms with E-state index in [9.17, 15) is 4.79 Å². The van der Waals surface area contributed by atoms with Crippen LogP contribution in [0, 0.1) is 0 Å². The van der Waals surface area contributed by atoms with E-state index in [0.717, 1.165) is 59.3 Å². The minimum Gasteiger partial charge on any atom is -0.394 e. The van der Waals surface area contributed by atoms with Gasteiger partial charge in [0.2, 0.25) is 0 Å². The summed E-state index contributed by atoms with van der Waals surface area (Å²) in [6.07, 6.45) is 5.60. The molecule has 0 aromatic carbocycles. The lowest BCUT2D eigenvalue weighted by Crippen LogP contribution is -2.34. The van der Waals surface area contributed by atoms with Gasteiger partial charge in [0.15, 0.2) is 0 Å². The number of nitrogens with one attached hydrogen (secondary N) is 2. The summed E-state index contributed by atoms with van der Waals surface area (Å²) >= 11 is 0. The summed E-state index contributed by atoms with van der Waals surface area (Å²) in [6, 6.07) is 4.10. The third-order valence-electron chi connectivity index (χ3n) is 5.89. The number of hydrogen-bond acceptors (Lipinski definition) is 7. The molecule has 0 radical (unpaired) electrons.